The zero-order valence-corrected chi connectivity index (χ0v) is 13.1. The summed E-state index contributed by atoms with van der Waals surface area (Å²) >= 11 is 0. The van der Waals surface area contributed by atoms with Crippen LogP contribution in [-0.2, 0) is 9.59 Å². The molecule has 1 aromatic carbocycles. The van der Waals surface area contributed by atoms with E-state index in [-0.39, 0.29) is 24.3 Å². The number of aliphatic carboxylic acids is 1. The summed E-state index contributed by atoms with van der Waals surface area (Å²) in [7, 11) is 0. The number of benzene rings is 1. The van der Waals surface area contributed by atoms with Gasteiger partial charge < -0.3 is 10.4 Å². The van der Waals surface area contributed by atoms with Gasteiger partial charge in [-0.25, -0.2) is 0 Å². The Kier molecular flexibility index (Phi) is 5.99. The van der Waals surface area contributed by atoms with E-state index in [0.29, 0.717) is 0 Å². The fourth-order valence-corrected chi connectivity index (χ4v) is 3.20. The van der Waals surface area contributed by atoms with Crippen molar-refractivity contribution in [2.24, 2.45) is 5.92 Å². The molecule has 0 aliphatic heterocycles. The summed E-state index contributed by atoms with van der Waals surface area (Å²) in [4.78, 5) is 23.7. The zero-order chi connectivity index (χ0) is 15.9. The number of hydrogen-bond donors (Lipinski definition) is 2. The molecule has 1 aliphatic carbocycles. The lowest BCUT2D eigenvalue weighted by atomic mass is 9.85. The van der Waals surface area contributed by atoms with Crippen molar-refractivity contribution in [3.8, 4) is 0 Å². The van der Waals surface area contributed by atoms with Crippen molar-refractivity contribution in [2.45, 2.75) is 57.4 Å². The van der Waals surface area contributed by atoms with Crippen LogP contribution in [0.25, 0.3) is 0 Å². The van der Waals surface area contributed by atoms with Gasteiger partial charge in [-0.2, -0.15) is 0 Å². The highest BCUT2D eigenvalue weighted by molar-refractivity contribution is 5.83. The van der Waals surface area contributed by atoms with Gasteiger partial charge in [0.15, 0.2) is 0 Å². The minimum absolute atomic E-state index is 0.0435. The molecule has 1 saturated carbocycles. The summed E-state index contributed by atoms with van der Waals surface area (Å²) in [6.45, 7) is 1.88. The molecule has 4 heteroatoms. The molecule has 0 bridgehead atoms. The van der Waals surface area contributed by atoms with E-state index in [4.69, 9.17) is 0 Å². The van der Waals surface area contributed by atoms with Gasteiger partial charge in [0.1, 0.15) is 0 Å². The van der Waals surface area contributed by atoms with Crippen LogP contribution in [0.15, 0.2) is 30.3 Å². The monoisotopic (exact) mass is 303 g/mol. The Bertz CT molecular complexity index is 494. The van der Waals surface area contributed by atoms with E-state index in [0.717, 1.165) is 31.2 Å². The van der Waals surface area contributed by atoms with Crippen molar-refractivity contribution in [3.05, 3.63) is 35.9 Å². The third-order valence-corrected chi connectivity index (χ3v) is 4.62. The highest BCUT2D eigenvalue weighted by Gasteiger charge is 2.29. The number of rotatable bonds is 6. The summed E-state index contributed by atoms with van der Waals surface area (Å²) < 4.78 is 0. The molecular formula is C18H25NO3. The van der Waals surface area contributed by atoms with E-state index >= 15 is 0 Å². The first-order chi connectivity index (χ1) is 10.6. The molecule has 1 amide bonds. The van der Waals surface area contributed by atoms with Crippen molar-refractivity contribution < 1.29 is 14.7 Å². The van der Waals surface area contributed by atoms with E-state index in [9.17, 15) is 14.7 Å². The standard InChI is InChI=1S/C18H25NO3/c1-13(14-8-4-2-5-9-14)16(18(21)22)12-17(20)19-15-10-6-3-7-11-15/h2,4-5,8-9,13,15-16H,3,6-7,10-12H2,1H3,(H,19,20)(H,21,22). The summed E-state index contributed by atoms with van der Waals surface area (Å²) in [5.41, 5.74) is 0.959. The molecule has 120 valence electrons. The summed E-state index contributed by atoms with van der Waals surface area (Å²) in [6.07, 6.45) is 5.59. The first-order valence-electron chi connectivity index (χ1n) is 8.15. The van der Waals surface area contributed by atoms with E-state index in [1.54, 1.807) is 0 Å². The second-order valence-electron chi connectivity index (χ2n) is 6.25. The first-order valence-corrected chi connectivity index (χ1v) is 8.15. The van der Waals surface area contributed by atoms with Gasteiger partial charge in [-0.1, -0.05) is 56.5 Å². The summed E-state index contributed by atoms with van der Waals surface area (Å²) in [6, 6.07) is 9.75. The van der Waals surface area contributed by atoms with Gasteiger partial charge in [-0.05, 0) is 24.3 Å². The molecule has 0 spiro atoms. The third-order valence-electron chi connectivity index (χ3n) is 4.62. The lowest BCUT2D eigenvalue weighted by Gasteiger charge is -2.25. The second kappa shape index (κ2) is 7.97. The molecule has 2 N–H and O–H groups in total. The van der Waals surface area contributed by atoms with Crippen molar-refractivity contribution >= 4 is 11.9 Å². The Labute approximate surface area is 131 Å². The molecule has 2 unspecified atom stereocenters. The largest absolute Gasteiger partial charge is 0.481 e. The number of carbonyl (C=O) groups is 2. The number of carbonyl (C=O) groups excluding carboxylic acids is 1. The van der Waals surface area contributed by atoms with E-state index in [1.807, 2.05) is 37.3 Å². The first kappa shape index (κ1) is 16.5. The molecule has 2 rings (SSSR count). The molecule has 4 nitrogen and oxygen atoms in total. The molecule has 22 heavy (non-hydrogen) atoms. The van der Waals surface area contributed by atoms with Crippen molar-refractivity contribution in [3.63, 3.8) is 0 Å². The van der Waals surface area contributed by atoms with Gasteiger partial charge in [0, 0.05) is 12.5 Å². The number of nitrogens with one attached hydrogen (secondary N) is 1. The van der Waals surface area contributed by atoms with Crippen LogP contribution in [0.1, 0.15) is 56.9 Å². The molecule has 1 aromatic rings. The highest BCUT2D eigenvalue weighted by atomic mass is 16.4. The van der Waals surface area contributed by atoms with Crippen LogP contribution in [0, 0.1) is 5.92 Å². The van der Waals surface area contributed by atoms with E-state index < -0.39 is 11.9 Å². The van der Waals surface area contributed by atoms with Crippen LogP contribution in [-0.4, -0.2) is 23.0 Å². The number of carboxylic acid groups (broad SMARTS) is 1. The van der Waals surface area contributed by atoms with Gasteiger partial charge >= 0.3 is 5.97 Å². The maximum Gasteiger partial charge on any atom is 0.307 e. The van der Waals surface area contributed by atoms with Crippen LogP contribution in [0.2, 0.25) is 0 Å². The molecule has 0 heterocycles. The minimum Gasteiger partial charge on any atom is -0.481 e. The molecule has 1 fully saturated rings. The van der Waals surface area contributed by atoms with Crippen molar-refractivity contribution in [2.75, 3.05) is 0 Å². The topological polar surface area (TPSA) is 66.4 Å². The zero-order valence-electron chi connectivity index (χ0n) is 13.1. The number of amides is 1. The lowest BCUT2D eigenvalue weighted by Crippen LogP contribution is -2.38. The Morgan fingerprint density at radius 2 is 1.82 bits per heavy atom. The van der Waals surface area contributed by atoms with E-state index in [1.165, 1.54) is 6.42 Å². The Hall–Kier alpha value is -1.84. The highest BCUT2D eigenvalue weighted by Crippen LogP contribution is 2.27. The molecule has 0 saturated heterocycles. The summed E-state index contributed by atoms with van der Waals surface area (Å²) in [5.74, 6) is -1.92. The Balaban J connectivity index is 1.96. The van der Waals surface area contributed by atoms with Gasteiger partial charge in [0.25, 0.3) is 0 Å². The fraction of sp³-hybridized carbons (Fsp3) is 0.556. The molecular weight excluding hydrogens is 278 g/mol. The molecule has 0 aromatic heterocycles. The van der Waals surface area contributed by atoms with Crippen LogP contribution in [0.5, 0.6) is 0 Å². The van der Waals surface area contributed by atoms with Crippen molar-refractivity contribution in [1.82, 2.24) is 5.32 Å². The van der Waals surface area contributed by atoms with Crippen molar-refractivity contribution in [1.29, 1.82) is 0 Å². The number of carboxylic acids is 1. The number of hydrogen-bond acceptors (Lipinski definition) is 2. The Morgan fingerprint density at radius 3 is 2.41 bits per heavy atom. The van der Waals surface area contributed by atoms with Crippen LogP contribution < -0.4 is 5.32 Å². The summed E-state index contributed by atoms with van der Waals surface area (Å²) in [5, 5.41) is 12.5. The normalized spacial score (nSPS) is 18.4. The molecule has 0 radical (unpaired) electrons. The SMILES string of the molecule is CC(c1ccccc1)C(CC(=O)NC1CCCCC1)C(=O)O. The maximum atomic E-state index is 12.2. The second-order valence-corrected chi connectivity index (χ2v) is 6.25. The maximum absolute atomic E-state index is 12.2. The molecule has 1 aliphatic rings. The smallest absolute Gasteiger partial charge is 0.307 e. The van der Waals surface area contributed by atoms with Crippen LogP contribution in [0.4, 0.5) is 0 Å². The van der Waals surface area contributed by atoms with E-state index in [2.05, 4.69) is 5.32 Å². The van der Waals surface area contributed by atoms with Crippen LogP contribution in [0.3, 0.4) is 0 Å². The minimum atomic E-state index is -0.907. The van der Waals surface area contributed by atoms with Crippen LogP contribution >= 0.6 is 0 Å². The average Bonchev–Trinajstić information content (AvgIpc) is 2.53. The van der Waals surface area contributed by atoms with Gasteiger partial charge in [-0.15, -0.1) is 0 Å². The van der Waals surface area contributed by atoms with Gasteiger partial charge in [-0.3, -0.25) is 9.59 Å². The predicted molar refractivity (Wildman–Crippen MR) is 85.6 cm³/mol. The molecule has 2 atom stereocenters. The average molecular weight is 303 g/mol. The van der Waals surface area contributed by atoms with Gasteiger partial charge in [0.2, 0.25) is 5.91 Å². The van der Waals surface area contributed by atoms with Gasteiger partial charge in [0.05, 0.1) is 5.92 Å². The lowest BCUT2D eigenvalue weighted by molar-refractivity contribution is -0.144. The quantitative estimate of drug-likeness (QED) is 0.847. The third kappa shape index (κ3) is 4.58. The fourth-order valence-electron chi connectivity index (χ4n) is 3.20. The predicted octanol–water partition coefficient (Wildman–Crippen LogP) is 3.33. The Morgan fingerprint density at radius 1 is 1.18 bits per heavy atom.